The molecule has 16 heavy (non-hydrogen) atoms. The zero-order chi connectivity index (χ0) is 11.5. The van der Waals surface area contributed by atoms with Gasteiger partial charge in [0.1, 0.15) is 0 Å². The van der Waals surface area contributed by atoms with Crippen LogP contribution in [-0.4, -0.2) is 30.1 Å². The maximum Gasteiger partial charge on any atom is 0.0244 e. The fourth-order valence-corrected chi connectivity index (χ4v) is 2.37. The van der Waals surface area contributed by atoms with Gasteiger partial charge in [0.2, 0.25) is 0 Å². The minimum Gasteiger partial charge on any atom is -0.327 e. The third-order valence-electron chi connectivity index (χ3n) is 3.42. The van der Waals surface area contributed by atoms with Crippen molar-refractivity contribution in [3.63, 3.8) is 0 Å². The number of rotatable bonds is 3. The lowest BCUT2D eigenvalue weighted by atomic mass is 9.90. The van der Waals surface area contributed by atoms with Gasteiger partial charge in [0.05, 0.1) is 0 Å². The van der Waals surface area contributed by atoms with Crippen LogP contribution in [0, 0.1) is 5.41 Å². The molecule has 0 aliphatic carbocycles. The molecule has 1 aliphatic heterocycles. The van der Waals surface area contributed by atoms with Crippen LogP contribution in [0.25, 0.3) is 0 Å². The number of likely N-dealkylation sites (tertiary alicyclic amines) is 1. The van der Waals surface area contributed by atoms with Crippen molar-refractivity contribution in [3.05, 3.63) is 0 Å². The van der Waals surface area contributed by atoms with Gasteiger partial charge in [0.15, 0.2) is 0 Å². The molecule has 3 heteroatoms. The lowest BCUT2D eigenvalue weighted by Gasteiger charge is -2.39. The zero-order valence-electron chi connectivity index (χ0n) is 11.3. The monoisotopic (exact) mass is 248 g/mol. The Morgan fingerprint density at radius 2 is 1.94 bits per heavy atom. The highest BCUT2D eigenvalue weighted by Crippen LogP contribution is 2.24. The standard InChI is InChI=1S/C13H28N2.ClH/c1-11(14)12-7-5-6-9-15(12)10-8-13(2,3)4;/h11-12H,5-10,14H2,1-4H3;1H. The summed E-state index contributed by atoms with van der Waals surface area (Å²) in [5, 5.41) is 0. The molecular formula is C13H29ClN2. The van der Waals surface area contributed by atoms with E-state index in [0.29, 0.717) is 17.5 Å². The second kappa shape index (κ2) is 6.83. The number of nitrogens with two attached hydrogens (primary N) is 1. The molecule has 1 saturated heterocycles. The molecular weight excluding hydrogens is 220 g/mol. The Hall–Kier alpha value is 0.210. The van der Waals surface area contributed by atoms with E-state index in [1.54, 1.807) is 0 Å². The molecule has 0 radical (unpaired) electrons. The zero-order valence-corrected chi connectivity index (χ0v) is 12.1. The predicted molar refractivity (Wildman–Crippen MR) is 74.2 cm³/mol. The molecule has 0 spiro atoms. The average molecular weight is 249 g/mol. The van der Waals surface area contributed by atoms with Crippen LogP contribution in [0.2, 0.25) is 0 Å². The molecule has 0 aromatic heterocycles. The number of hydrogen-bond donors (Lipinski definition) is 1. The van der Waals surface area contributed by atoms with Crippen LogP contribution in [0.4, 0.5) is 0 Å². The number of halogens is 1. The Morgan fingerprint density at radius 1 is 1.31 bits per heavy atom. The summed E-state index contributed by atoms with van der Waals surface area (Å²) in [7, 11) is 0. The lowest BCUT2D eigenvalue weighted by molar-refractivity contribution is 0.115. The smallest absolute Gasteiger partial charge is 0.0244 e. The molecule has 0 bridgehead atoms. The first kappa shape index (κ1) is 16.2. The second-order valence-electron chi connectivity index (χ2n) is 6.27. The Morgan fingerprint density at radius 3 is 2.44 bits per heavy atom. The van der Waals surface area contributed by atoms with Crippen LogP contribution in [0.3, 0.4) is 0 Å². The summed E-state index contributed by atoms with van der Waals surface area (Å²) in [4.78, 5) is 2.61. The Labute approximate surface area is 107 Å². The third-order valence-corrected chi connectivity index (χ3v) is 3.42. The van der Waals surface area contributed by atoms with Crippen LogP contribution in [0.1, 0.15) is 53.4 Å². The van der Waals surface area contributed by atoms with E-state index in [9.17, 15) is 0 Å². The van der Waals surface area contributed by atoms with Crippen molar-refractivity contribution < 1.29 is 0 Å². The molecule has 2 atom stereocenters. The van der Waals surface area contributed by atoms with Crippen molar-refractivity contribution in [2.24, 2.45) is 11.1 Å². The van der Waals surface area contributed by atoms with Gasteiger partial charge in [-0.15, -0.1) is 12.4 Å². The molecule has 1 heterocycles. The normalized spacial score (nSPS) is 24.9. The van der Waals surface area contributed by atoms with E-state index < -0.39 is 0 Å². The Kier molecular flexibility index (Phi) is 6.92. The highest BCUT2D eigenvalue weighted by molar-refractivity contribution is 5.85. The van der Waals surface area contributed by atoms with Crippen LogP contribution < -0.4 is 5.73 Å². The van der Waals surface area contributed by atoms with Crippen LogP contribution >= 0.6 is 12.4 Å². The molecule has 2 unspecified atom stereocenters. The topological polar surface area (TPSA) is 29.3 Å². The first-order chi connectivity index (χ1) is 6.90. The highest BCUT2D eigenvalue weighted by atomic mass is 35.5. The summed E-state index contributed by atoms with van der Waals surface area (Å²) in [5.74, 6) is 0. The highest BCUT2D eigenvalue weighted by Gasteiger charge is 2.26. The van der Waals surface area contributed by atoms with Crippen molar-refractivity contribution in [1.82, 2.24) is 4.90 Å². The summed E-state index contributed by atoms with van der Waals surface area (Å²) in [6.45, 7) is 11.6. The molecule has 0 amide bonds. The van der Waals surface area contributed by atoms with Crippen molar-refractivity contribution in [2.45, 2.75) is 65.5 Å². The molecule has 0 saturated carbocycles. The molecule has 0 aromatic rings. The predicted octanol–water partition coefficient (Wildman–Crippen LogP) is 3.05. The first-order valence-electron chi connectivity index (χ1n) is 6.40. The van der Waals surface area contributed by atoms with E-state index in [4.69, 9.17) is 5.73 Å². The lowest BCUT2D eigenvalue weighted by Crippen LogP contribution is -2.49. The van der Waals surface area contributed by atoms with Crippen LogP contribution in [-0.2, 0) is 0 Å². The Bertz CT molecular complexity index is 187. The van der Waals surface area contributed by atoms with Gasteiger partial charge >= 0.3 is 0 Å². The van der Waals surface area contributed by atoms with E-state index >= 15 is 0 Å². The first-order valence-corrected chi connectivity index (χ1v) is 6.40. The fourth-order valence-electron chi connectivity index (χ4n) is 2.37. The van der Waals surface area contributed by atoms with E-state index in [1.165, 1.54) is 38.8 Å². The molecule has 1 fully saturated rings. The van der Waals surface area contributed by atoms with Gasteiger partial charge in [-0.1, -0.05) is 27.2 Å². The molecule has 1 rings (SSSR count). The van der Waals surface area contributed by atoms with E-state index in [-0.39, 0.29) is 12.4 Å². The second-order valence-corrected chi connectivity index (χ2v) is 6.27. The van der Waals surface area contributed by atoms with E-state index in [2.05, 4.69) is 32.6 Å². The third kappa shape index (κ3) is 5.51. The minimum absolute atomic E-state index is 0. The summed E-state index contributed by atoms with van der Waals surface area (Å²) >= 11 is 0. The van der Waals surface area contributed by atoms with Crippen molar-refractivity contribution in [1.29, 1.82) is 0 Å². The van der Waals surface area contributed by atoms with Gasteiger partial charge in [-0.2, -0.15) is 0 Å². The largest absolute Gasteiger partial charge is 0.327 e. The van der Waals surface area contributed by atoms with Gasteiger partial charge in [-0.25, -0.2) is 0 Å². The fraction of sp³-hybridized carbons (Fsp3) is 1.00. The summed E-state index contributed by atoms with van der Waals surface area (Å²) in [6, 6.07) is 0.950. The quantitative estimate of drug-likeness (QED) is 0.832. The van der Waals surface area contributed by atoms with Gasteiger partial charge in [-0.05, 0) is 44.7 Å². The van der Waals surface area contributed by atoms with Crippen molar-refractivity contribution >= 4 is 12.4 Å². The number of piperidine rings is 1. The van der Waals surface area contributed by atoms with E-state index in [0.717, 1.165) is 0 Å². The SMILES string of the molecule is CC(N)C1CCCCN1CCC(C)(C)C.Cl. The van der Waals surface area contributed by atoms with Gasteiger partial charge in [0.25, 0.3) is 0 Å². The molecule has 0 aromatic carbocycles. The van der Waals surface area contributed by atoms with Crippen LogP contribution in [0.5, 0.6) is 0 Å². The van der Waals surface area contributed by atoms with E-state index in [1.807, 2.05) is 0 Å². The maximum atomic E-state index is 6.06. The van der Waals surface area contributed by atoms with Crippen molar-refractivity contribution in [2.75, 3.05) is 13.1 Å². The summed E-state index contributed by atoms with van der Waals surface area (Å²) in [6.07, 6.45) is 5.28. The Balaban J connectivity index is 0.00000225. The minimum atomic E-state index is 0. The van der Waals surface area contributed by atoms with Crippen molar-refractivity contribution in [3.8, 4) is 0 Å². The molecule has 2 nitrogen and oxygen atoms in total. The average Bonchev–Trinajstić information content (AvgIpc) is 2.14. The molecule has 1 aliphatic rings. The van der Waals surface area contributed by atoms with Crippen LogP contribution in [0.15, 0.2) is 0 Å². The van der Waals surface area contributed by atoms with Gasteiger partial charge in [-0.3, -0.25) is 4.90 Å². The number of nitrogens with zero attached hydrogens (tertiary/aromatic N) is 1. The molecule has 98 valence electrons. The number of hydrogen-bond acceptors (Lipinski definition) is 2. The maximum absolute atomic E-state index is 6.06. The summed E-state index contributed by atoms with van der Waals surface area (Å²) < 4.78 is 0. The molecule has 2 N–H and O–H groups in total. The van der Waals surface area contributed by atoms with Gasteiger partial charge in [0, 0.05) is 12.1 Å². The van der Waals surface area contributed by atoms with Gasteiger partial charge < -0.3 is 5.73 Å². The summed E-state index contributed by atoms with van der Waals surface area (Å²) in [5.41, 5.74) is 6.50.